The van der Waals surface area contributed by atoms with E-state index in [1.54, 1.807) is 18.2 Å². The van der Waals surface area contributed by atoms with Crippen molar-refractivity contribution in [3.63, 3.8) is 0 Å². The standard InChI is InChI=1S/C25H33IN4O4/c1-3-18-7-6-8-19(16-26)29(18)14-12-27-24(32)22-9-4-5-13-30(22)25-28-21-11-10-20(33-17(2)31)15-23(21)34-25/h3,10-11,15,18-19,22H,1,4-9,12-14,16H2,2H3,(H,27,32)/t18-,19-,22+/m1/s1. The summed E-state index contributed by atoms with van der Waals surface area (Å²) in [7, 11) is 0. The lowest BCUT2D eigenvalue weighted by atomic mass is 9.96. The Morgan fingerprint density at radius 2 is 2.15 bits per heavy atom. The van der Waals surface area contributed by atoms with Crippen LogP contribution < -0.4 is 15.0 Å². The number of alkyl halides is 1. The van der Waals surface area contributed by atoms with Gasteiger partial charge in [-0.15, -0.1) is 6.58 Å². The molecular formula is C25H33IN4O4. The minimum atomic E-state index is -0.388. The number of aromatic nitrogens is 1. The summed E-state index contributed by atoms with van der Waals surface area (Å²) in [4.78, 5) is 33.5. The Bertz CT molecular complexity index is 1030. The number of ether oxygens (including phenoxy) is 1. The molecule has 2 saturated heterocycles. The zero-order chi connectivity index (χ0) is 24.1. The molecule has 2 aromatic rings. The van der Waals surface area contributed by atoms with Crippen LogP contribution in [0.2, 0.25) is 0 Å². The first kappa shape index (κ1) is 25.0. The van der Waals surface area contributed by atoms with Crippen LogP contribution in [0.15, 0.2) is 35.3 Å². The largest absolute Gasteiger partial charge is 0.427 e. The quantitative estimate of drug-likeness (QED) is 0.166. The number of fused-ring (bicyclic) bond motifs is 1. The van der Waals surface area contributed by atoms with Crippen LogP contribution in [-0.2, 0) is 9.59 Å². The van der Waals surface area contributed by atoms with Gasteiger partial charge in [-0.05, 0) is 50.7 Å². The van der Waals surface area contributed by atoms with Crippen LogP contribution >= 0.6 is 22.6 Å². The first-order chi connectivity index (χ1) is 16.5. The molecule has 2 aliphatic heterocycles. The van der Waals surface area contributed by atoms with Crippen molar-refractivity contribution in [2.75, 3.05) is 29.0 Å². The highest BCUT2D eigenvalue weighted by Crippen LogP contribution is 2.30. The highest BCUT2D eigenvalue weighted by molar-refractivity contribution is 14.1. The third kappa shape index (κ3) is 5.73. The molecular weight excluding hydrogens is 547 g/mol. The van der Waals surface area contributed by atoms with Gasteiger partial charge in [0, 0.05) is 49.1 Å². The number of esters is 1. The molecule has 1 N–H and O–H groups in total. The van der Waals surface area contributed by atoms with Gasteiger partial charge in [0.2, 0.25) is 5.91 Å². The van der Waals surface area contributed by atoms with E-state index >= 15 is 0 Å². The number of nitrogens with zero attached hydrogens (tertiary/aromatic N) is 3. The summed E-state index contributed by atoms with van der Waals surface area (Å²) in [6.07, 6.45) is 8.35. The zero-order valence-corrected chi connectivity index (χ0v) is 21.8. The van der Waals surface area contributed by atoms with Crippen molar-refractivity contribution in [3.05, 3.63) is 30.9 Å². The van der Waals surface area contributed by atoms with E-state index in [0.29, 0.717) is 48.0 Å². The van der Waals surface area contributed by atoms with Crippen LogP contribution in [0.25, 0.3) is 11.1 Å². The topological polar surface area (TPSA) is 87.9 Å². The normalized spacial score (nSPS) is 23.6. The van der Waals surface area contributed by atoms with Gasteiger partial charge in [-0.2, -0.15) is 4.98 Å². The van der Waals surface area contributed by atoms with Gasteiger partial charge < -0.3 is 19.4 Å². The molecule has 0 bridgehead atoms. The number of amides is 1. The van der Waals surface area contributed by atoms with Crippen LogP contribution in [0, 0.1) is 0 Å². The van der Waals surface area contributed by atoms with Crippen molar-refractivity contribution in [1.82, 2.24) is 15.2 Å². The lowest BCUT2D eigenvalue weighted by Gasteiger charge is -2.40. The fourth-order valence-corrected chi connectivity index (χ4v) is 5.98. The number of likely N-dealkylation sites (tertiary alicyclic amines) is 1. The smallest absolute Gasteiger partial charge is 0.308 e. The summed E-state index contributed by atoms with van der Waals surface area (Å²) in [6, 6.07) is 6.15. The Kier molecular flexibility index (Phi) is 8.46. The molecule has 0 saturated carbocycles. The molecule has 3 heterocycles. The van der Waals surface area contributed by atoms with Crippen LogP contribution in [0.3, 0.4) is 0 Å². The van der Waals surface area contributed by atoms with Crippen molar-refractivity contribution in [3.8, 4) is 5.75 Å². The lowest BCUT2D eigenvalue weighted by molar-refractivity contribution is -0.131. The van der Waals surface area contributed by atoms with Crippen LogP contribution in [-0.4, -0.2) is 63.9 Å². The minimum Gasteiger partial charge on any atom is -0.427 e. The summed E-state index contributed by atoms with van der Waals surface area (Å²) in [5, 5.41) is 3.17. The number of carbonyl (C=O) groups excluding carboxylic acids is 2. The lowest BCUT2D eigenvalue weighted by Crippen LogP contribution is -2.53. The van der Waals surface area contributed by atoms with E-state index in [-0.39, 0.29) is 17.9 Å². The van der Waals surface area contributed by atoms with Crippen LogP contribution in [0.5, 0.6) is 5.75 Å². The van der Waals surface area contributed by atoms with Gasteiger partial charge in [0.1, 0.15) is 17.3 Å². The molecule has 8 nitrogen and oxygen atoms in total. The summed E-state index contributed by atoms with van der Waals surface area (Å²) >= 11 is 2.46. The molecule has 0 unspecified atom stereocenters. The molecule has 1 amide bonds. The SMILES string of the molecule is C=C[C@@H]1CCC[C@H](CI)N1CCNC(=O)[C@@H]1CCCCN1c1nc2ccc(OC(C)=O)cc2o1. The number of hydrogen-bond acceptors (Lipinski definition) is 7. The van der Waals surface area contributed by atoms with Gasteiger partial charge in [0.05, 0.1) is 0 Å². The average molecular weight is 580 g/mol. The number of benzene rings is 1. The predicted octanol–water partition coefficient (Wildman–Crippen LogP) is 4.07. The second kappa shape index (κ2) is 11.5. The molecule has 2 fully saturated rings. The average Bonchev–Trinajstić information content (AvgIpc) is 3.27. The number of piperidine rings is 2. The predicted molar refractivity (Wildman–Crippen MR) is 141 cm³/mol. The number of carbonyl (C=O) groups is 2. The monoisotopic (exact) mass is 580 g/mol. The summed E-state index contributed by atoms with van der Waals surface area (Å²) < 4.78 is 12.2. The molecule has 184 valence electrons. The number of anilines is 1. The molecule has 4 rings (SSSR count). The first-order valence-corrected chi connectivity index (χ1v) is 13.6. The van der Waals surface area contributed by atoms with Gasteiger partial charge >= 0.3 is 5.97 Å². The second-order valence-electron chi connectivity index (χ2n) is 9.00. The highest BCUT2D eigenvalue weighted by Gasteiger charge is 2.33. The highest BCUT2D eigenvalue weighted by atomic mass is 127. The van der Waals surface area contributed by atoms with Gasteiger partial charge in [0.25, 0.3) is 6.01 Å². The van der Waals surface area contributed by atoms with Crippen LogP contribution in [0.1, 0.15) is 45.4 Å². The molecule has 0 spiro atoms. The van der Waals surface area contributed by atoms with Crippen molar-refractivity contribution in [2.24, 2.45) is 0 Å². The molecule has 3 atom stereocenters. The van der Waals surface area contributed by atoms with Gasteiger partial charge in [-0.25, -0.2) is 0 Å². The van der Waals surface area contributed by atoms with E-state index in [1.807, 2.05) is 11.0 Å². The van der Waals surface area contributed by atoms with Gasteiger partial charge in [-0.1, -0.05) is 28.7 Å². The number of halogens is 1. The Morgan fingerprint density at radius 1 is 1.29 bits per heavy atom. The van der Waals surface area contributed by atoms with E-state index in [2.05, 4.69) is 44.4 Å². The summed E-state index contributed by atoms with van der Waals surface area (Å²) in [5.41, 5.74) is 1.20. The minimum absolute atomic E-state index is 0.0146. The maximum absolute atomic E-state index is 13.2. The fourth-order valence-electron chi connectivity index (χ4n) is 5.04. The third-order valence-corrected chi connectivity index (χ3v) is 7.73. The van der Waals surface area contributed by atoms with Crippen molar-refractivity contribution in [1.29, 1.82) is 0 Å². The Hall–Kier alpha value is -2.14. The number of hydrogen-bond donors (Lipinski definition) is 1. The Morgan fingerprint density at radius 3 is 2.91 bits per heavy atom. The van der Waals surface area contributed by atoms with Crippen LogP contribution in [0.4, 0.5) is 6.01 Å². The molecule has 34 heavy (non-hydrogen) atoms. The van der Waals surface area contributed by atoms with Gasteiger partial charge in [-0.3, -0.25) is 14.5 Å². The number of nitrogens with one attached hydrogen (secondary N) is 1. The molecule has 9 heteroatoms. The van der Waals surface area contributed by atoms with Gasteiger partial charge in [0.15, 0.2) is 5.58 Å². The third-order valence-electron chi connectivity index (χ3n) is 6.71. The number of rotatable bonds is 8. The summed E-state index contributed by atoms with van der Waals surface area (Å²) in [6.45, 7) is 7.53. The molecule has 2 aliphatic rings. The van der Waals surface area contributed by atoms with E-state index in [4.69, 9.17) is 9.15 Å². The van der Waals surface area contributed by atoms with Crippen molar-refractivity contribution < 1.29 is 18.7 Å². The number of oxazole rings is 1. The molecule has 0 radical (unpaired) electrons. The Labute approximate surface area is 214 Å². The van der Waals surface area contributed by atoms with Crippen molar-refractivity contribution in [2.45, 2.75) is 63.6 Å². The molecule has 0 aliphatic carbocycles. The van der Waals surface area contributed by atoms with Crippen molar-refractivity contribution >= 4 is 51.6 Å². The molecule has 1 aromatic carbocycles. The second-order valence-corrected chi connectivity index (χ2v) is 9.88. The molecule has 1 aromatic heterocycles. The maximum Gasteiger partial charge on any atom is 0.308 e. The zero-order valence-electron chi connectivity index (χ0n) is 19.7. The van der Waals surface area contributed by atoms with E-state index < -0.39 is 0 Å². The van der Waals surface area contributed by atoms with E-state index in [9.17, 15) is 9.59 Å². The fraction of sp³-hybridized carbons (Fsp3) is 0.560. The Balaban J connectivity index is 1.42. The van der Waals surface area contributed by atoms with E-state index in [0.717, 1.165) is 36.7 Å². The maximum atomic E-state index is 13.2. The summed E-state index contributed by atoms with van der Waals surface area (Å²) in [5.74, 6) is 0.0392. The first-order valence-electron chi connectivity index (χ1n) is 12.1. The van der Waals surface area contributed by atoms with E-state index in [1.165, 1.54) is 19.8 Å².